The summed E-state index contributed by atoms with van der Waals surface area (Å²) in [6.45, 7) is 3.80. The summed E-state index contributed by atoms with van der Waals surface area (Å²) in [5.74, 6) is -1.11. The Kier molecular flexibility index (Phi) is 5.69. The Morgan fingerprint density at radius 2 is 1.84 bits per heavy atom. The first-order valence-corrected chi connectivity index (χ1v) is 9.26. The first-order valence-electron chi connectivity index (χ1n) is 7.82. The Morgan fingerprint density at radius 3 is 2.36 bits per heavy atom. The minimum absolute atomic E-state index is 0.0389. The highest BCUT2D eigenvalue weighted by atomic mass is 32.2. The number of para-hydroxylation sites is 1. The van der Waals surface area contributed by atoms with Crippen molar-refractivity contribution in [2.75, 3.05) is 18.0 Å². The fourth-order valence-electron chi connectivity index (χ4n) is 2.58. The molecule has 134 valence electrons. The highest BCUT2D eigenvalue weighted by molar-refractivity contribution is 7.92. The molecule has 6 nitrogen and oxygen atoms in total. The molecule has 0 aliphatic rings. The van der Waals surface area contributed by atoms with E-state index in [1.165, 1.54) is 17.5 Å². The third-order valence-electron chi connectivity index (χ3n) is 3.77. The van der Waals surface area contributed by atoms with Gasteiger partial charge in [0, 0.05) is 6.54 Å². The van der Waals surface area contributed by atoms with Crippen molar-refractivity contribution in [2.45, 2.75) is 25.2 Å². The van der Waals surface area contributed by atoms with Crippen molar-refractivity contribution < 1.29 is 23.1 Å². The second kappa shape index (κ2) is 7.57. The highest BCUT2D eigenvalue weighted by Crippen LogP contribution is 2.30. The summed E-state index contributed by atoms with van der Waals surface area (Å²) in [5.41, 5.74) is 0.784. The van der Waals surface area contributed by atoms with Gasteiger partial charge in [0.05, 0.1) is 17.7 Å². The molecule has 0 saturated carbocycles. The molecule has 0 amide bonds. The lowest BCUT2D eigenvalue weighted by atomic mass is 10.1. The average Bonchev–Trinajstić information content (AvgIpc) is 2.59. The standard InChI is InChI=1S/C18H21NO5S/c1-4-10-19(14-8-6-5-7-9-14)25(22,23)17-12-15(18(20)21)16(24-3)11-13(17)2/h5-9,11-12H,4,10H2,1-3H3,(H,20,21). The number of carboxylic acids is 1. The topological polar surface area (TPSA) is 83.9 Å². The predicted octanol–water partition coefficient (Wildman–Crippen LogP) is 3.31. The van der Waals surface area contributed by atoms with Gasteiger partial charge in [-0.15, -0.1) is 0 Å². The van der Waals surface area contributed by atoms with E-state index in [1.54, 1.807) is 37.3 Å². The molecule has 0 aromatic heterocycles. The maximum Gasteiger partial charge on any atom is 0.339 e. The second-order valence-electron chi connectivity index (χ2n) is 5.54. The predicted molar refractivity (Wildman–Crippen MR) is 96.0 cm³/mol. The van der Waals surface area contributed by atoms with E-state index in [2.05, 4.69) is 0 Å². The molecule has 0 aliphatic carbocycles. The number of nitrogens with zero attached hydrogens (tertiary/aromatic N) is 1. The van der Waals surface area contributed by atoms with Gasteiger partial charge in [-0.3, -0.25) is 4.31 Å². The van der Waals surface area contributed by atoms with Crippen molar-refractivity contribution in [3.63, 3.8) is 0 Å². The van der Waals surface area contributed by atoms with E-state index in [-0.39, 0.29) is 16.2 Å². The first kappa shape index (κ1) is 18.8. The van der Waals surface area contributed by atoms with Gasteiger partial charge in [0.25, 0.3) is 10.0 Å². The van der Waals surface area contributed by atoms with Crippen molar-refractivity contribution in [3.05, 3.63) is 53.6 Å². The molecule has 0 atom stereocenters. The number of ether oxygens (including phenoxy) is 1. The van der Waals surface area contributed by atoms with E-state index in [0.29, 0.717) is 24.2 Å². The number of sulfonamides is 1. The van der Waals surface area contributed by atoms with Crippen molar-refractivity contribution in [1.82, 2.24) is 0 Å². The van der Waals surface area contributed by atoms with Crippen LogP contribution in [0.2, 0.25) is 0 Å². The lowest BCUT2D eigenvalue weighted by molar-refractivity contribution is 0.0693. The monoisotopic (exact) mass is 363 g/mol. The summed E-state index contributed by atoms with van der Waals surface area (Å²) in [6.07, 6.45) is 0.620. The zero-order chi connectivity index (χ0) is 18.6. The number of aryl methyl sites for hydroxylation is 1. The van der Waals surface area contributed by atoms with Gasteiger partial charge >= 0.3 is 5.97 Å². The van der Waals surface area contributed by atoms with Gasteiger partial charge in [0.1, 0.15) is 11.3 Å². The van der Waals surface area contributed by atoms with Gasteiger partial charge in [-0.1, -0.05) is 25.1 Å². The minimum Gasteiger partial charge on any atom is -0.496 e. The number of hydrogen-bond donors (Lipinski definition) is 1. The number of anilines is 1. The SMILES string of the molecule is CCCN(c1ccccc1)S(=O)(=O)c1cc(C(=O)O)c(OC)cc1C. The van der Waals surface area contributed by atoms with Crippen molar-refractivity contribution in [1.29, 1.82) is 0 Å². The maximum absolute atomic E-state index is 13.2. The summed E-state index contributed by atoms with van der Waals surface area (Å²) in [7, 11) is -2.56. The van der Waals surface area contributed by atoms with Crippen LogP contribution in [0.25, 0.3) is 0 Å². The molecule has 0 radical (unpaired) electrons. The van der Waals surface area contributed by atoms with Crippen LogP contribution in [0.15, 0.2) is 47.4 Å². The number of hydrogen-bond acceptors (Lipinski definition) is 4. The molecule has 0 aliphatic heterocycles. The lowest BCUT2D eigenvalue weighted by Gasteiger charge is -2.25. The summed E-state index contributed by atoms with van der Waals surface area (Å²) < 4.78 is 32.8. The first-order chi connectivity index (χ1) is 11.8. The van der Waals surface area contributed by atoms with E-state index in [0.717, 1.165) is 6.07 Å². The fraction of sp³-hybridized carbons (Fsp3) is 0.278. The quantitative estimate of drug-likeness (QED) is 0.816. The Bertz CT molecular complexity index is 863. The van der Waals surface area contributed by atoms with Crippen LogP contribution in [-0.2, 0) is 10.0 Å². The average molecular weight is 363 g/mol. The molecular formula is C18H21NO5S. The van der Waals surface area contributed by atoms with Crippen molar-refractivity contribution in [3.8, 4) is 5.75 Å². The largest absolute Gasteiger partial charge is 0.496 e. The van der Waals surface area contributed by atoms with Crippen LogP contribution in [0.4, 0.5) is 5.69 Å². The van der Waals surface area contributed by atoms with Crippen LogP contribution in [0.5, 0.6) is 5.75 Å². The van der Waals surface area contributed by atoms with Crippen LogP contribution in [0.3, 0.4) is 0 Å². The number of carboxylic acid groups (broad SMARTS) is 1. The van der Waals surface area contributed by atoms with Gasteiger partial charge in [0.15, 0.2) is 0 Å². The summed E-state index contributed by atoms with van der Waals surface area (Å²) >= 11 is 0. The molecule has 0 unspecified atom stereocenters. The number of benzene rings is 2. The van der Waals surface area contributed by atoms with Crippen molar-refractivity contribution in [2.24, 2.45) is 0 Å². The number of methoxy groups -OCH3 is 1. The van der Waals surface area contributed by atoms with E-state index < -0.39 is 16.0 Å². The molecule has 0 saturated heterocycles. The van der Waals surface area contributed by atoms with E-state index in [1.807, 2.05) is 6.92 Å². The normalized spacial score (nSPS) is 11.2. The zero-order valence-corrected chi connectivity index (χ0v) is 15.2. The zero-order valence-electron chi connectivity index (χ0n) is 14.4. The molecule has 2 aromatic carbocycles. The van der Waals surface area contributed by atoms with E-state index in [9.17, 15) is 18.3 Å². The summed E-state index contributed by atoms with van der Waals surface area (Å²) in [6, 6.07) is 11.4. The Hall–Kier alpha value is -2.54. The molecule has 25 heavy (non-hydrogen) atoms. The molecule has 0 spiro atoms. The molecule has 1 N–H and O–H groups in total. The fourth-order valence-corrected chi connectivity index (χ4v) is 4.37. The summed E-state index contributed by atoms with van der Waals surface area (Å²) in [4.78, 5) is 11.4. The van der Waals surface area contributed by atoms with Crippen LogP contribution in [0, 0.1) is 6.92 Å². The second-order valence-corrected chi connectivity index (χ2v) is 7.37. The smallest absolute Gasteiger partial charge is 0.339 e. The van der Waals surface area contributed by atoms with E-state index >= 15 is 0 Å². The van der Waals surface area contributed by atoms with Gasteiger partial charge in [-0.25, -0.2) is 13.2 Å². The van der Waals surface area contributed by atoms with Gasteiger partial charge in [0.2, 0.25) is 0 Å². The molecule has 2 rings (SSSR count). The molecule has 0 heterocycles. The Balaban J connectivity index is 2.65. The minimum atomic E-state index is -3.91. The molecule has 0 bridgehead atoms. The maximum atomic E-state index is 13.2. The Labute approximate surface area is 147 Å². The van der Waals surface area contributed by atoms with Gasteiger partial charge < -0.3 is 9.84 Å². The molecular weight excluding hydrogens is 342 g/mol. The number of aromatic carboxylic acids is 1. The number of rotatable bonds is 7. The third-order valence-corrected chi connectivity index (χ3v) is 5.74. The highest BCUT2D eigenvalue weighted by Gasteiger charge is 2.28. The molecule has 2 aromatic rings. The molecule has 0 fully saturated rings. The van der Waals surface area contributed by atoms with Gasteiger partial charge in [-0.05, 0) is 43.2 Å². The van der Waals surface area contributed by atoms with Crippen molar-refractivity contribution >= 4 is 21.7 Å². The lowest BCUT2D eigenvalue weighted by Crippen LogP contribution is -2.32. The van der Waals surface area contributed by atoms with Crippen LogP contribution in [0.1, 0.15) is 29.3 Å². The van der Waals surface area contributed by atoms with Crippen LogP contribution < -0.4 is 9.04 Å². The van der Waals surface area contributed by atoms with E-state index in [4.69, 9.17) is 4.74 Å². The third kappa shape index (κ3) is 3.76. The number of carbonyl (C=O) groups is 1. The summed E-state index contributed by atoms with van der Waals surface area (Å²) in [5, 5.41) is 9.35. The van der Waals surface area contributed by atoms with Crippen LogP contribution >= 0.6 is 0 Å². The molecule has 7 heteroatoms. The van der Waals surface area contributed by atoms with Crippen LogP contribution in [-0.4, -0.2) is 33.1 Å². The Morgan fingerprint density at radius 1 is 1.20 bits per heavy atom. The van der Waals surface area contributed by atoms with Gasteiger partial charge in [-0.2, -0.15) is 0 Å².